The maximum Gasteiger partial charge on any atom is 0.263 e. The van der Waals surface area contributed by atoms with Crippen molar-refractivity contribution in [3.63, 3.8) is 0 Å². The standard InChI is InChI=1S/C23H21FN4O5S2.ClH/c24-18-6-4-17(5-7-18)20-8-10-22(34-20)35(32,33)28-13-12-27(15-19(28)23(30)26-31)21(29)9-3-16-2-1-11-25-14-16;/h1-11,14,19,31H,12-13,15H2,(H,26,30);1H/b9-3+;/t19-;/m1./s1. The third-order valence-electron chi connectivity index (χ3n) is 5.43. The first-order chi connectivity index (χ1) is 16.8. The van der Waals surface area contributed by atoms with Crippen molar-refractivity contribution in [2.45, 2.75) is 10.3 Å². The Morgan fingerprint density at radius 2 is 1.89 bits per heavy atom. The fourth-order valence-electron chi connectivity index (χ4n) is 3.63. The van der Waals surface area contributed by atoms with Crippen molar-refractivity contribution in [1.82, 2.24) is 19.7 Å². The molecular formula is C23H22ClFN4O5S2. The number of nitrogens with zero attached hydrogens (tertiary/aromatic N) is 3. The van der Waals surface area contributed by atoms with Crippen LogP contribution in [0.5, 0.6) is 0 Å². The van der Waals surface area contributed by atoms with Crippen LogP contribution in [0.1, 0.15) is 5.56 Å². The van der Waals surface area contributed by atoms with E-state index < -0.39 is 33.7 Å². The Labute approximate surface area is 217 Å². The van der Waals surface area contributed by atoms with Gasteiger partial charge in [-0.05, 0) is 47.5 Å². The van der Waals surface area contributed by atoms with Gasteiger partial charge in [-0.2, -0.15) is 4.31 Å². The summed E-state index contributed by atoms with van der Waals surface area (Å²) in [6.45, 7) is -0.324. The summed E-state index contributed by atoms with van der Waals surface area (Å²) < 4.78 is 41.0. The first-order valence-electron chi connectivity index (χ1n) is 10.5. The van der Waals surface area contributed by atoms with E-state index in [-0.39, 0.29) is 36.3 Å². The molecular weight excluding hydrogens is 531 g/mol. The number of hydrogen-bond acceptors (Lipinski definition) is 7. The second-order valence-electron chi connectivity index (χ2n) is 7.64. The molecule has 2 amide bonds. The predicted molar refractivity (Wildman–Crippen MR) is 134 cm³/mol. The van der Waals surface area contributed by atoms with Crippen molar-refractivity contribution < 1.29 is 27.6 Å². The number of carbonyl (C=O) groups is 2. The van der Waals surface area contributed by atoms with Crippen molar-refractivity contribution in [1.29, 1.82) is 0 Å². The van der Waals surface area contributed by atoms with Crippen LogP contribution in [0.4, 0.5) is 4.39 Å². The summed E-state index contributed by atoms with van der Waals surface area (Å²) >= 11 is 0.983. The number of benzene rings is 1. The molecule has 1 saturated heterocycles. The van der Waals surface area contributed by atoms with E-state index in [9.17, 15) is 27.6 Å². The van der Waals surface area contributed by atoms with E-state index in [1.165, 1.54) is 34.7 Å². The number of hydroxylamine groups is 1. The number of piperazine rings is 1. The SMILES string of the molecule is Cl.O=C(NO)[C@H]1CN(C(=O)/C=C/c2cccnc2)CCN1S(=O)(=O)c1ccc(-c2ccc(F)cc2)s1. The molecule has 1 atom stereocenters. The van der Waals surface area contributed by atoms with Crippen LogP contribution in [0.3, 0.4) is 0 Å². The average Bonchev–Trinajstić information content (AvgIpc) is 3.39. The molecule has 2 N–H and O–H groups in total. The fourth-order valence-corrected chi connectivity index (χ4v) is 6.64. The molecule has 13 heteroatoms. The summed E-state index contributed by atoms with van der Waals surface area (Å²) in [7, 11) is -4.12. The van der Waals surface area contributed by atoms with Crippen LogP contribution < -0.4 is 5.48 Å². The molecule has 0 spiro atoms. The van der Waals surface area contributed by atoms with E-state index in [1.807, 2.05) is 0 Å². The number of sulfonamides is 1. The second kappa shape index (κ2) is 11.7. The third-order valence-corrected chi connectivity index (χ3v) is 8.94. The molecule has 1 aliphatic rings. The molecule has 1 aromatic carbocycles. The number of thiophene rings is 1. The topological polar surface area (TPSA) is 120 Å². The van der Waals surface area contributed by atoms with Gasteiger partial charge in [-0.1, -0.05) is 18.2 Å². The molecule has 0 aliphatic carbocycles. The predicted octanol–water partition coefficient (Wildman–Crippen LogP) is 2.79. The highest BCUT2D eigenvalue weighted by Crippen LogP contribution is 2.33. The monoisotopic (exact) mass is 552 g/mol. The Balaban J connectivity index is 0.00000361. The average molecular weight is 553 g/mol. The molecule has 4 rings (SSSR count). The zero-order valence-corrected chi connectivity index (χ0v) is 21.1. The Morgan fingerprint density at radius 3 is 2.56 bits per heavy atom. The summed E-state index contributed by atoms with van der Waals surface area (Å²) in [5.74, 6) is -1.76. The maximum absolute atomic E-state index is 13.4. The Kier molecular flexibility index (Phi) is 8.93. The molecule has 3 heterocycles. The molecule has 0 saturated carbocycles. The van der Waals surface area contributed by atoms with Crippen LogP contribution in [-0.4, -0.2) is 65.3 Å². The Morgan fingerprint density at radius 1 is 1.14 bits per heavy atom. The fraction of sp³-hybridized carbons (Fsp3) is 0.174. The van der Waals surface area contributed by atoms with E-state index in [4.69, 9.17) is 0 Å². The summed E-state index contributed by atoms with van der Waals surface area (Å²) in [6, 6.07) is 10.8. The van der Waals surface area contributed by atoms with Gasteiger partial charge in [0, 0.05) is 43.0 Å². The molecule has 3 aromatic rings. The lowest BCUT2D eigenvalue weighted by Gasteiger charge is -2.38. The van der Waals surface area contributed by atoms with Gasteiger partial charge < -0.3 is 4.90 Å². The highest BCUT2D eigenvalue weighted by molar-refractivity contribution is 7.91. The number of carbonyl (C=O) groups excluding carboxylic acids is 2. The number of halogens is 2. The molecule has 2 aromatic heterocycles. The number of pyridine rings is 1. The quantitative estimate of drug-likeness (QED) is 0.276. The first kappa shape index (κ1) is 27.4. The van der Waals surface area contributed by atoms with E-state index in [2.05, 4.69) is 4.98 Å². The number of aromatic nitrogens is 1. The van der Waals surface area contributed by atoms with Crippen molar-refractivity contribution in [3.05, 3.63) is 78.4 Å². The zero-order chi connectivity index (χ0) is 25.0. The van der Waals surface area contributed by atoms with Crippen molar-refractivity contribution in [3.8, 4) is 10.4 Å². The molecule has 1 fully saturated rings. The van der Waals surface area contributed by atoms with Gasteiger partial charge in [0.05, 0.1) is 0 Å². The summed E-state index contributed by atoms with van der Waals surface area (Å²) in [4.78, 5) is 31.0. The minimum atomic E-state index is -4.12. The van der Waals surface area contributed by atoms with Crippen LogP contribution in [-0.2, 0) is 19.6 Å². The van der Waals surface area contributed by atoms with Crippen LogP contribution in [0.15, 0.2) is 71.2 Å². The zero-order valence-electron chi connectivity index (χ0n) is 18.7. The van der Waals surface area contributed by atoms with Gasteiger partial charge in [-0.3, -0.25) is 19.8 Å². The third kappa shape index (κ3) is 5.97. The largest absolute Gasteiger partial charge is 0.336 e. The van der Waals surface area contributed by atoms with Crippen molar-refractivity contribution in [2.24, 2.45) is 0 Å². The molecule has 190 valence electrons. The maximum atomic E-state index is 13.4. The number of amides is 2. The summed E-state index contributed by atoms with van der Waals surface area (Å²) in [5.41, 5.74) is 2.86. The highest BCUT2D eigenvalue weighted by atomic mass is 35.5. The van der Waals surface area contributed by atoms with Gasteiger partial charge in [-0.25, -0.2) is 18.3 Å². The van der Waals surface area contributed by atoms with E-state index in [1.54, 1.807) is 48.8 Å². The number of nitrogens with one attached hydrogen (secondary N) is 1. The molecule has 0 radical (unpaired) electrons. The van der Waals surface area contributed by atoms with Crippen LogP contribution >= 0.6 is 23.7 Å². The van der Waals surface area contributed by atoms with E-state index >= 15 is 0 Å². The number of rotatable bonds is 6. The van der Waals surface area contributed by atoms with Crippen LogP contribution in [0, 0.1) is 5.82 Å². The molecule has 0 unspecified atom stereocenters. The Bertz CT molecular complexity index is 1350. The second-order valence-corrected chi connectivity index (χ2v) is 10.8. The summed E-state index contributed by atoms with van der Waals surface area (Å²) in [6.07, 6.45) is 6.08. The van der Waals surface area contributed by atoms with E-state index in [0.717, 1.165) is 15.6 Å². The lowest BCUT2D eigenvalue weighted by Crippen LogP contribution is -2.60. The lowest BCUT2D eigenvalue weighted by atomic mass is 10.2. The normalized spacial score (nSPS) is 16.5. The highest BCUT2D eigenvalue weighted by Gasteiger charge is 2.41. The first-order valence-corrected chi connectivity index (χ1v) is 12.7. The van der Waals surface area contributed by atoms with E-state index in [0.29, 0.717) is 16.0 Å². The smallest absolute Gasteiger partial charge is 0.263 e. The lowest BCUT2D eigenvalue weighted by molar-refractivity contribution is -0.137. The minimum Gasteiger partial charge on any atom is -0.336 e. The van der Waals surface area contributed by atoms with Gasteiger partial charge >= 0.3 is 0 Å². The summed E-state index contributed by atoms with van der Waals surface area (Å²) in [5, 5.41) is 9.22. The van der Waals surface area contributed by atoms with Crippen molar-refractivity contribution >= 4 is 51.7 Å². The van der Waals surface area contributed by atoms with Gasteiger partial charge in [0.1, 0.15) is 16.1 Å². The van der Waals surface area contributed by atoms with Gasteiger partial charge in [-0.15, -0.1) is 23.7 Å². The molecule has 0 bridgehead atoms. The van der Waals surface area contributed by atoms with Gasteiger partial charge in [0.15, 0.2) is 0 Å². The van der Waals surface area contributed by atoms with Gasteiger partial charge in [0.25, 0.3) is 15.9 Å². The minimum absolute atomic E-state index is 0. The van der Waals surface area contributed by atoms with Gasteiger partial charge in [0.2, 0.25) is 5.91 Å². The molecule has 9 nitrogen and oxygen atoms in total. The van der Waals surface area contributed by atoms with Crippen LogP contribution in [0.25, 0.3) is 16.5 Å². The van der Waals surface area contributed by atoms with Crippen molar-refractivity contribution in [2.75, 3.05) is 19.6 Å². The molecule has 36 heavy (non-hydrogen) atoms. The molecule has 1 aliphatic heterocycles. The van der Waals surface area contributed by atoms with Crippen LogP contribution in [0.2, 0.25) is 0 Å². The number of hydrogen-bond donors (Lipinski definition) is 2. The Hall–Kier alpha value is -3.16.